The summed E-state index contributed by atoms with van der Waals surface area (Å²) in [4.78, 5) is 11.1. The topological polar surface area (TPSA) is 87.6 Å². The molecule has 0 unspecified atom stereocenters. The van der Waals surface area contributed by atoms with Gasteiger partial charge in [-0.1, -0.05) is 12.1 Å². The van der Waals surface area contributed by atoms with Crippen LogP contribution in [0.5, 0.6) is 0 Å². The molecule has 0 aliphatic carbocycles. The third-order valence-electron chi connectivity index (χ3n) is 4.19. The summed E-state index contributed by atoms with van der Waals surface area (Å²) in [6.07, 6.45) is 2.73. The second kappa shape index (κ2) is 5.64. The van der Waals surface area contributed by atoms with Crippen molar-refractivity contribution in [1.29, 1.82) is 0 Å². The molecule has 24 heavy (non-hydrogen) atoms. The van der Waals surface area contributed by atoms with Crippen LogP contribution in [0.4, 0.5) is 5.69 Å². The van der Waals surface area contributed by atoms with E-state index in [1.807, 2.05) is 13.1 Å². The Morgan fingerprint density at radius 3 is 3.00 bits per heavy atom. The highest BCUT2D eigenvalue weighted by atomic mass is 32.2. The minimum absolute atomic E-state index is 0.223. The average Bonchev–Trinajstić information content (AvgIpc) is 2.54. The standard InChI is InChI=1S/C16H17N5O2S/c1-11-17-8-12-6-7-21(9-14(12)18-11)10-16-19-13-4-2-3-5-15(13)24(22,23)20-16/h2-5,8H,6-7,9-10H2,1H3,(H,19,20). The fourth-order valence-electron chi connectivity index (χ4n) is 3.04. The van der Waals surface area contributed by atoms with Crippen LogP contribution in [0.25, 0.3) is 0 Å². The molecule has 4 rings (SSSR count). The summed E-state index contributed by atoms with van der Waals surface area (Å²) < 4.78 is 28.5. The normalized spacial score (nSPS) is 19.0. The first-order valence-electron chi connectivity index (χ1n) is 7.75. The van der Waals surface area contributed by atoms with Gasteiger partial charge < -0.3 is 5.32 Å². The molecule has 7 nitrogen and oxygen atoms in total. The number of benzene rings is 1. The molecule has 0 saturated heterocycles. The summed E-state index contributed by atoms with van der Waals surface area (Å²) in [7, 11) is -3.64. The summed E-state index contributed by atoms with van der Waals surface area (Å²) >= 11 is 0. The van der Waals surface area contributed by atoms with Crippen LogP contribution < -0.4 is 5.32 Å². The van der Waals surface area contributed by atoms with Crippen molar-refractivity contribution in [2.75, 3.05) is 18.4 Å². The highest BCUT2D eigenvalue weighted by molar-refractivity contribution is 7.90. The van der Waals surface area contributed by atoms with Crippen molar-refractivity contribution in [3.63, 3.8) is 0 Å². The Morgan fingerprint density at radius 1 is 1.29 bits per heavy atom. The maximum absolute atomic E-state index is 12.3. The maximum atomic E-state index is 12.3. The molecule has 1 aromatic heterocycles. The zero-order chi connectivity index (χ0) is 16.7. The Bertz CT molecular complexity index is 939. The van der Waals surface area contributed by atoms with Crippen molar-refractivity contribution in [3.8, 4) is 0 Å². The van der Waals surface area contributed by atoms with Gasteiger partial charge in [0.25, 0.3) is 10.0 Å². The number of fused-ring (bicyclic) bond motifs is 2. The van der Waals surface area contributed by atoms with Gasteiger partial charge in [-0.05, 0) is 31.0 Å². The predicted molar refractivity (Wildman–Crippen MR) is 90.4 cm³/mol. The van der Waals surface area contributed by atoms with Gasteiger partial charge >= 0.3 is 0 Å². The molecular weight excluding hydrogens is 326 g/mol. The van der Waals surface area contributed by atoms with Crippen molar-refractivity contribution >= 4 is 21.5 Å². The smallest absolute Gasteiger partial charge is 0.286 e. The Hall–Kier alpha value is -2.32. The fourth-order valence-corrected chi connectivity index (χ4v) is 4.18. The molecule has 1 aromatic carbocycles. The molecule has 124 valence electrons. The summed E-state index contributed by atoms with van der Waals surface area (Å²) in [5.41, 5.74) is 2.75. The molecule has 0 radical (unpaired) electrons. The lowest BCUT2D eigenvalue weighted by Gasteiger charge is -2.29. The van der Waals surface area contributed by atoms with E-state index in [-0.39, 0.29) is 4.90 Å². The maximum Gasteiger partial charge on any atom is 0.286 e. The number of hydrogen-bond acceptors (Lipinski definition) is 6. The van der Waals surface area contributed by atoms with Crippen molar-refractivity contribution in [2.24, 2.45) is 4.40 Å². The molecule has 0 saturated carbocycles. The van der Waals surface area contributed by atoms with Gasteiger partial charge in [0.05, 0.1) is 17.9 Å². The SMILES string of the molecule is Cc1ncc2c(n1)CN(CC1=NS(=O)(=O)c3ccccc3N1)CC2. The number of amidine groups is 1. The van der Waals surface area contributed by atoms with Crippen LogP contribution >= 0.6 is 0 Å². The number of rotatable bonds is 2. The molecule has 0 fully saturated rings. The lowest BCUT2D eigenvalue weighted by molar-refractivity contribution is 0.284. The predicted octanol–water partition coefficient (Wildman–Crippen LogP) is 1.36. The summed E-state index contributed by atoms with van der Waals surface area (Å²) in [6, 6.07) is 6.82. The lowest BCUT2D eigenvalue weighted by atomic mass is 10.1. The molecule has 0 amide bonds. The van der Waals surface area contributed by atoms with Crippen molar-refractivity contribution < 1.29 is 8.42 Å². The van der Waals surface area contributed by atoms with Crippen molar-refractivity contribution in [3.05, 3.63) is 47.5 Å². The van der Waals surface area contributed by atoms with Gasteiger partial charge in [-0.3, -0.25) is 4.90 Å². The molecule has 1 N–H and O–H groups in total. The van der Waals surface area contributed by atoms with E-state index < -0.39 is 10.0 Å². The van der Waals surface area contributed by atoms with Crippen LogP contribution in [-0.4, -0.2) is 42.2 Å². The Kier molecular flexibility index (Phi) is 3.58. The second-order valence-electron chi connectivity index (χ2n) is 5.98. The molecule has 8 heteroatoms. The molecule has 0 bridgehead atoms. The summed E-state index contributed by atoms with van der Waals surface area (Å²) in [5.74, 6) is 1.20. The average molecular weight is 343 g/mol. The Morgan fingerprint density at radius 2 is 2.12 bits per heavy atom. The molecule has 2 aromatic rings. The first-order chi connectivity index (χ1) is 11.5. The van der Waals surface area contributed by atoms with Gasteiger partial charge in [0.2, 0.25) is 0 Å². The number of nitrogens with one attached hydrogen (secondary N) is 1. The number of anilines is 1. The number of aromatic nitrogens is 2. The Balaban J connectivity index is 1.56. The van der Waals surface area contributed by atoms with Crippen LogP contribution in [0.15, 0.2) is 39.8 Å². The number of sulfonamides is 1. The highest BCUT2D eigenvalue weighted by Gasteiger charge is 2.26. The zero-order valence-corrected chi connectivity index (χ0v) is 14.0. The van der Waals surface area contributed by atoms with Crippen LogP contribution in [0.2, 0.25) is 0 Å². The first kappa shape index (κ1) is 15.2. The molecule has 0 atom stereocenters. The monoisotopic (exact) mass is 343 g/mol. The van der Waals surface area contributed by atoms with Gasteiger partial charge in [0.1, 0.15) is 16.6 Å². The molecular formula is C16H17N5O2S. The summed E-state index contributed by atoms with van der Waals surface area (Å²) in [6.45, 7) is 3.80. The number of hydrogen-bond donors (Lipinski definition) is 1. The van der Waals surface area contributed by atoms with E-state index in [0.717, 1.165) is 30.0 Å². The van der Waals surface area contributed by atoms with Crippen LogP contribution in [-0.2, 0) is 23.0 Å². The van der Waals surface area contributed by atoms with E-state index in [1.54, 1.807) is 24.3 Å². The highest BCUT2D eigenvalue weighted by Crippen LogP contribution is 2.27. The van der Waals surface area contributed by atoms with Gasteiger partial charge in [-0.25, -0.2) is 9.97 Å². The Labute approximate surface area is 140 Å². The fraction of sp³-hybridized carbons (Fsp3) is 0.312. The van der Waals surface area contributed by atoms with Gasteiger partial charge in [0.15, 0.2) is 0 Å². The molecule has 2 aliphatic rings. The van der Waals surface area contributed by atoms with Crippen LogP contribution in [0.1, 0.15) is 17.1 Å². The summed E-state index contributed by atoms with van der Waals surface area (Å²) in [5, 5.41) is 3.13. The van der Waals surface area contributed by atoms with E-state index >= 15 is 0 Å². The van der Waals surface area contributed by atoms with Gasteiger partial charge in [-0.15, -0.1) is 4.40 Å². The van der Waals surface area contributed by atoms with E-state index in [1.165, 1.54) is 0 Å². The van der Waals surface area contributed by atoms with E-state index in [2.05, 4.69) is 24.6 Å². The van der Waals surface area contributed by atoms with Crippen molar-refractivity contribution in [2.45, 2.75) is 24.8 Å². The van der Waals surface area contributed by atoms with E-state index in [9.17, 15) is 8.42 Å². The van der Waals surface area contributed by atoms with Crippen molar-refractivity contribution in [1.82, 2.24) is 14.9 Å². The number of para-hydroxylation sites is 1. The first-order valence-corrected chi connectivity index (χ1v) is 9.19. The quantitative estimate of drug-likeness (QED) is 0.886. The minimum atomic E-state index is -3.64. The number of aryl methyl sites for hydroxylation is 1. The second-order valence-corrected chi connectivity index (χ2v) is 7.56. The van der Waals surface area contributed by atoms with E-state index in [0.29, 0.717) is 24.6 Å². The number of nitrogens with zero attached hydrogens (tertiary/aromatic N) is 4. The zero-order valence-electron chi connectivity index (χ0n) is 13.2. The third kappa shape index (κ3) is 2.78. The van der Waals surface area contributed by atoms with Gasteiger partial charge in [-0.2, -0.15) is 8.42 Å². The van der Waals surface area contributed by atoms with Crippen LogP contribution in [0, 0.1) is 6.92 Å². The largest absolute Gasteiger partial charge is 0.341 e. The third-order valence-corrected chi connectivity index (χ3v) is 5.57. The van der Waals surface area contributed by atoms with Crippen LogP contribution in [0.3, 0.4) is 0 Å². The molecule has 3 heterocycles. The van der Waals surface area contributed by atoms with Gasteiger partial charge in [0, 0.05) is 19.3 Å². The molecule has 2 aliphatic heterocycles. The lowest BCUT2D eigenvalue weighted by Crippen LogP contribution is -2.39. The molecule has 0 spiro atoms. The minimum Gasteiger partial charge on any atom is -0.341 e. The van der Waals surface area contributed by atoms with E-state index in [4.69, 9.17) is 0 Å².